The van der Waals surface area contributed by atoms with Crippen LogP contribution in [-0.2, 0) is 9.05 Å². The summed E-state index contributed by atoms with van der Waals surface area (Å²) in [5, 5.41) is 0.512. The van der Waals surface area contributed by atoms with E-state index in [1.54, 1.807) is 18.2 Å². The molecule has 0 aliphatic carbocycles. The van der Waals surface area contributed by atoms with E-state index in [4.69, 9.17) is 15.1 Å². The lowest BCUT2D eigenvalue weighted by Crippen LogP contribution is -1.89. The van der Waals surface area contributed by atoms with Crippen LogP contribution in [0, 0.1) is 0 Å². The van der Waals surface area contributed by atoms with Crippen LogP contribution in [0.2, 0.25) is 0 Å². The van der Waals surface area contributed by atoms with Crippen molar-refractivity contribution in [1.82, 2.24) is 0 Å². The fourth-order valence-electron chi connectivity index (χ4n) is 1.18. The van der Waals surface area contributed by atoms with Crippen molar-refractivity contribution in [2.75, 3.05) is 0 Å². The van der Waals surface area contributed by atoms with Gasteiger partial charge in [-0.3, -0.25) is 0 Å². The molecule has 0 unspecified atom stereocenters. The number of fused-ring (bicyclic) bond motifs is 1. The first-order chi connectivity index (χ1) is 6.09. The summed E-state index contributed by atoms with van der Waals surface area (Å²) >= 11 is 0. The highest BCUT2D eigenvalue weighted by Gasteiger charge is 2.14. The number of hydrogen-bond acceptors (Lipinski definition) is 3. The minimum atomic E-state index is -3.69. The predicted octanol–water partition coefficient (Wildman–Crippen LogP) is 2.36. The third-order valence-electron chi connectivity index (χ3n) is 1.72. The smallest absolute Gasteiger partial charge is 0.262 e. The molecule has 0 aliphatic heterocycles. The molecule has 1 aromatic carbocycles. The van der Waals surface area contributed by atoms with Gasteiger partial charge < -0.3 is 4.42 Å². The van der Waals surface area contributed by atoms with E-state index in [9.17, 15) is 8.42 Å². The molecule has 2 rings (SSSR count). The van der Waals surface area contributed by atoms with Gasteiger partial charge in [0.2, 0.25) is 0 Å². The Morgan fingerprint density at radius 3 is 2.69 bits per heavy atom. The fraction of sp³-hybridized carbons (Fsp3) is 0. The molecule has 0 bridgehead atoms. The zero-order valence-electron chi connectivity index (χ0n) is 6.40. The Bertz CT molecular complexity index is 541. The summed E-state index contributed by atoms with van der Waals surface area (Å²) < 4.78 is 27.2. The van der Waals surface area contributed by atoms with Crippen LogP contribution in [0.3, 0.4) is 0 Å². The number of halogens is 1. The summed E-state index contributed by atoms with van der Waals surface area (Å²) in [4.78, 5) is 0.0837. The Morgan fingerprint density at radius 1 is 1.23 bits per heavy atom. The first kappa shape index (κ1) is 8.59. The van der Waals surface area contributed by atoms with Gasteiger partial charge in [0.1, 0.15) is 5.58 Å². The molecule has 0 saturated carbocycles. The second-order valence-corrected chi connectivity index (χ2v) is 5.06. The van der Waals surface area contributed by atoms with Gasteiger partial charge in [-0.25, -0.2) is 8.42 Å². The number of rotatable bonds is 1. The third-order valence-corrected chi connectivity index (χ3v) is 3.10. The van der Waals surface area contributed by atoms with Gasteiger partial charge in [-0.2, -0.15) is 0 Å². The predicted molar refractivity (Wildman–Crippen MR) is 49.3 cm³/mol. The summed E-state index contributed by atoms with van der Waals surface area (Å²) in [6, 6.07) is 6.28. The summed E-state index contributed by atoms with van der Waals surface area (Å²) in [7, 11) is 1.54. The number of hydrogen-bond donors (Lipinski definition) is 0. The molecule has 1 aromatic heterocycles. The zero-order chi connectivity index (χ0) is 9.47. The fourth-order valence-corrected chi connectivity index (χ4v) is 2.25. The van der Waals surface area contributed by atoms with E-state index in [1.165, 1.54) is 12.3 Å². The van der Waals surface area contributed by atoms with Crippen molar-refractivity contribution in [3.63, 3.8) is 0 Å². The molecule has 3 nitrogen and oxygen atoms in total. The Morgan fingerprint density at radius 2 is 2.00 bits per heavy atom. The van der Waals surface area contributed by atoms with Crippen LogP contribution in [0.1, 0.15) is 0 Å². The van der Waals surface area contributed by atoms with Gasteiger partial charge in [0.05, 0.1) is 11.2 Å². The van der Waals surface area contributed by atoms with Crippen molar-refractivity contribution >= 4 is 30.7 Å². The van der Waals surface area contributed by atoms with Gasteiger partial charge in [0.15, 0.2) is 0 Å². The molecule has 0 spiro atoms. The minimum Gasteiger partial charge on any atom is -0.464 e. The van der Waals surface area contributed by atoms with Crippen molar-refractivity contribution < 1.29 is 12.8 Å². The Balaban J connectivity index is 2.91. The van der Waals surface area contributed by atoms with Gasteiger partial charge in [-0.1, -0.05) is 6.07 Å². The van der Waals surface area contributed by atoms with Crippen molar-refractivity contribution in [2.45, 2.75) is 4.90 Å². The van der Waals surface area contributed by atoms with Crippen LogP contribution in [-0.4, -0.2) is 8.42 Å². The Kier molecular flexibility index (Phi) is 1.82. The van der Waals surface area contributed by atoms with Crippen LogP contribution in [0.4, 0.5) is 0 Å². The molecule has 2 aromatic rings. The van der Waals surface area contributed by atoms with E-state index in [0.717, 1.165) is 0 Å². The molecule has 13 heavy (non-hydrogen) atoms. The third kappa shape index (κ3) is 1.43. The molecule has 0 aliphatic rings. The summed E-state index contributed by atoms with van der Waals surface area (Å²) in [5.74, 6) is 0. The molecule has 0 radical (unpaired) electrons. The van der Waals surface area contributed by atoms with Gasteiger partial charge in [-0.05, 0) is 18.2 Å². The van der Waals surface area contributed by atoms with E-state index in [1.807, 2.05) is 0 Å². The largest absolute Gasteiger partial charge is 0.464 e. The zero-order valence-corrected chi connectivity index (χ0v) is 7.97. The molecular formula is C8H5ClO3S. The van der Waals surface area contributed by atoms with Gasteiger partial charge >= 0.3 is 0 Å². The van der Waals surface area contributed by atoms with E-state index in [2.05, 4.69) is 0 Å². The molecular weight excluding hydrogens is 212 g/mol. The van der Waals surface area contributed by atoms with Crippen molar-refractivity contribution in [3.05, 3.63) is 30.5 Å². The van der Waals surface area contributed by atoms with Gasteiger partial charge in [-0.15, -0.1) is 0 Å². The summed E-state index contributed by atoms with van der Waals surface area (Å²) in [6.07, 6.45) is 1.43. The molecule has 5 heteroatoms. The van der Waals surface area contributed by atoms with Crippen molar-refractivity contribution in [3.8, 4) is 0 Å². The van der Waals surface area contributed by atoms with Crippen LogP contribution in [0.25, 0.3) is 11.0 Å². The standard InChI is InChI=1S/C8H5ClO3S/c9-13(10,11)8-3-1-2-7-6(8)4-5-12-7/h1-5H. The molecule has 0 N–H and O–H groups in total. The maximum absolute atomic E-state index is 11.1. The lowest BCUT2D eigenvalue weighted by Gasteiger charge is -1.95. The lowest BCUT2D eigenvalue weighted by atomic mass is 10.3. The van der Waals surface area contributed by atoms with Crippen LogP contribution >= 0.6 is 10.7 Å². The topological polar surface area (TPSA) is 47.3 Å². The lowest BCUT2D eigenvalue weighted by molar-refractivity contribution is 0.608. The molecule has 1 heterocycles. The van der Waals surface area contributed by atoms with Crippen molar-refractivity contribution in [1.29, 1.82) is 0 Å². The molecule has 0 fully saturated rings. The number of benzene rings is 1. The van der Waals surface area contributed by atoms with E-state index < -0.39 is 9.05 Å². The monoisotopic (exact) mass is 216 g/mol. The van der Waals surface area contributed by atoms with Crippen LogP contribution in [0.5, 0.6) is 0 Å². The minimum absolute atomic E-state index is 0.0837. The van der Waals surface area contributed by atoms with Gasteiger partial charge in [0, 0.05) is 16.1 Å². The highest BCUT2D eigenvalue weighted by Crippen LogP contribution is 2.26. The average molecular weight is 217 g/mol. The maximum Gasteiger partial charge on any atom is 0.262 e. The second-order valence-electron chi connectivity index (χ2n) is 2.53. The summed E-state index contributed by atoms with van der Waals surface area (Å²) in [5.41, 5.74) is 0.515. The van der Waals surface area contributed by atoms with E-state index >= 15 is 0 Å². The maximum atomic E-state index is 11.1. The first-order valence-corrected chi connectivity index (χ1v) is 5.81. The van der Waals surface area contributed by atoms with Crippen LogP contribution in [0.15, 0.2) is 39.8 Å². The quantitative estimate of drug-likeness (QED) is 0.688. The highest BCUT2D eigenvalue weighted by atomic mass is 35.7. The number of furan rings is 1. The molecule has 0 saturated heterocycles. The van der Waals surface area contributed by atoms with Crippen molar-refractivity contribution in [2.24, 2.45) is 0 Å². The SMILES string of the molecule is O=S(=O)(Cl)c1cccc2occc12. The van der Waals surface area contributed by atoms with Gasteiger partial charge in [0.25, 0.3) is 9.05 Å². The second kappa shape index (κ2) is 2.75. The van der Waals surface area contributed by atoms with E-state index in [-0.39, 0.29) is 4.90 Å². The van der Waals surface area contributed by atoms with E-state index in [0.29, 0.717) is 11.0 Å². The summed E-state index contributed by atoms with van der Waals surface area (Å²) in [6.45, 7) is 0. The molecule has 68 valence electrons. The van der Waals surface area contributed by atoms with Crippen LogP contribution < -0.4 is 0 Å². The average Bonchev–Trinajstić information content (AvgIpc) is 2.48. The highest BCUT2D eigenvalue weighted by molar-refractivity contribution is 8.14. The Labute approximate surface area is 79.3 Å². The Hall–Kier alpha value is -1.00. The molecule has 0 amide bonds. The normalized spacial score (nSPS) is 12.1. The molecule has 0 atom stereocenters. The first-order valence-electron chi connectivity index (χ1n) is 3.50.